The Morgan fingerprint density at radius 2 is 1.94 bits per heavy atom. The first-order valence-corrected chi connectivity index (χ1v) is 5.56. The average Bonchev–Trinajstić information content (AvgIpc) is 2.35. The molecule has 0 saturated heterocycles. The van der Waals surface area contributed by atoms with Gasteiger partial charge in [0.05, 0.1) is 5.02 Å². The highest BCUT2D eigenvalue weighted by molar-refractivity contribution is 6.32. The molecule has 1 aromatic carbocycles. The molecule has 1 heterocycles. The van der Waals surface area contributed by atoms with Crippen LogP contribution >= 0.6 is 23.2 Å². The fourth-order valence-corrected chi connectivity index (χ4v) is 1.49. The Morgan fingerprint density at radius 1 is 1.22 bits per heavy atom. The van der Waals surface area contributed by atoms with Gasteiger partial charge >= 0.3 is 0 Å². The van der Waals surface area contributed by atoms with Gasteiger partial charge < -0.3 is 5.32 Å². The molecule has 0 aliphatic heterocycles. The van der Waals surface area contributed by atoms with Crippen LogP contribution < -0.4 is 5.32 Å². The third kappa shape index (κ3) is 2.75. The van der Waals surface area contributed by atoms with Gasteiger partial charge in [-0.05, 0) is 18.2 Å². The SMILES string of the molecule is O=C(Nc1nccnc1Cl)c1ccc(Cl)c(F)c1. The van der Waals surface area contributed by atoms with Crippen LogP contribution in [-0.2, 0) is 0 Å². The molecule has 1 amide bonds. The quantitative estimate of drug-likeness (QED) is 0.922. The molecule has 1 N–H and O–H groups in total. The summed E-state index contributed by atoms with van der Waals surface area (Å²) in [5.74, 6) is -1.11. The third-order valence-corrected chi connectivity index (χ3v) is 2.65. The van der Waals surface area contributed by atoms with Gasteiger partial charge in [-0.15, -0.1) is 0 Å². The first kappa shape index (κ1) is 12.7. The molecular weight excluding hydrogens is 280 g/mol. The summed E-state index contributed by atoms with van der Waals surface area (Å²) in [6.45, 7) is 0. The third-order valence-electron chi connectivity index (χ3n) is 2.07. The number of aromatic nitrogens is 2. The average molecular weight is 286 g/mol. The van der Waals surface area contributed by atoms with Gasteiger partial charge in [0, 0.05) is 18.0 Å². The molecular formula is C11H6Cl2FN3O. The Kier molecular flexibility index (Phi) is 3.74. The molecule has 92 valence electrons. The number of nitrogens with one attached hydrogen (secondary N) is 1. The van der Waals surface area contributed by atoms with Crippen molar-refractivity contribution >= 4 is 34.9 Å². The monoisotopic (exact) mass is 285 g/mol. The number of amides is 1. The summed E-state index contributed by atoms with van der Waals surface area (Å²) >= 11 is 11.2. The van der Waals surface area contributed by atoms with Crippen LogP contribution in [-0.4, -0.2) is 15.9 Å². The fraction of sp³-hybridized carbons (Fsp3) is 0. The van der Waals surface area contributed by atoms with Crippen molar-refractivity contribution in [2.75, 3.05) is 5.32 Å². The van der Waals surface area contributed by atoms with Crippen LogP contribution in [0.4, 0.5) is 10.2 Å². The number of halogens is 3. The number of nitrogens with zero attached hydrogens (tertiary/aromatic N) is 2. The van der Waals surface area contributed by atoms with Crippen LogP contribution in [0.5, 0.6) is 0 Å². The molecule has 0 fully saturated rings. The van der Waals surface area contributed by atoms with E-state index in [4.69, 9.17) is 23.2 Å². The molecule has 0 radical (unpaired) electrons. The molecule has 7 heteroatoms. The van der Waals surface area contributed by atoms with Crippen LogP contribution in [0.2, 0.25) is 10.2 Å². The molecule has 2 rings (SSSR count). The van der Waals surface area contributed by atoms with Gasteiger partial charge in [0.1, 0.15) is 5.82 Å². The maximum absolute atomic E-state index is 13.2. The number of carbonyl (C=O) groups is 1. The highest BCUT2D eigenvalue weighted by atomic mass is 35.5. The molecule has 0 bridgehead atoms. The molecule has 18 heavy (non-hydrogen) atoms. The highest BCUT2D eigenvalue weighted by Crippen LogP contribution is 2.18. The number of hydrogen-bond acceptors (Lipinski definition) is 3. The van der Waals surface area contributed by atoms with Gasteiger partial charge in [0.2, 0.25) is 0 Å². The predicted molar refractivity (Wildman–Crippen MR) is 66.4 cm³/mol. The largest absolute Gasteiger partial charge is 0.304 e. The maximum atomic E-state index is 13.2. The van der Waals surface area contributed by atoms with Crippen molar-refractivity contribution in [3.8, 4) is 0 Å². The van der Waals surface area contributed by atoms with Crippen molar-refractivity contribution in [1.29, 1.82) is 0 Å². The Balaban J connectivity index is 2.22. The topological polar surface area (TPSA) is 54.9 Å². The highest BCUT2D eigenvalue weighted by Gasteiger charge is 2.11. The van der Waals surface area contributed by atoms with Crippen molar-refractivity contribution in [2.24, 2.45) is 0 Å². The lowest BCUT2D eigenvalue weighted by molar-refractivity contribution is 0.102. The molecule has 0 atom stereocenters. The smallest absolute Gasteiger partial charge is 0.257 e. The summed E-state index contributed by atoms with van der Waals surface area (Å²) in [7, 11) is 0. The van der Waals surface area contributed by atoms with Crippen LogP contribution in [0, 0.1) is 5.82 Å². The van der Waals surface area contributed by atoms with E-state index in [-0.39, 0.29) is 21.6 Å². The van der Waals surface area contributed by atoms with E-state index in [9.17, 15) is 9.18 Å². The molecule has 0 aliphatic carbocycles. The van der Waals surface area contributed by atoms with Gasteiger partial charge in [-0.2, -0.15) is 0 Å². The minimum atomic E-state index is -0.672. The molecule has 2 aromatic rings. The fourth-order valence-electron chi connectivity index (χ4n) is 1.22. The lowest BCUT2D eigenvalue weighted by Crippen LogP contribution is -2.13. The van der Waals surface area contributed by atoms with E-state index < -0.39 is 11.7 Å². The summed E-state index contributed by atoms with van der Waals surface area (Å²) in [6.07, 6.45) is 2.77. The Morgan fingerprint density at radius 3 is 2.61 bits per heavy atom. The summed E-state index contributed by atoms with van der Waals surface area (Å²) < 4.78 is 13.2. The van der Waals surface area contributed by atoms with Gasteiger partial charge in [0.25, 0.3) is 5.91 Å². The van der Waals surface area contributed by atoms with Gasteiger partial charge in [0.15, 0.2) is 11.0 Å². The Labute approximate surface area is 112 Å². The predicted octanol–water partition coefficient (Wildman–Crippen LogP) is 3.17. The molecule has 0 spiro atoms. The van der Waals surface area contributed by atoms with Gasteiger partial charge in [-0.3, -0.25) is 4.79 Å². The Hall–Kier alpha value is -1.72. The van der Waals surface area contributed by atoms with E-state index in [0.717, 1.165) is 6.07 Å². The van der Waals surface area contributed by atoms with Crippen molar-refractivity contribution in [3.63, 3.8) is 0 Å². The normalized spacial score (nSPS) is 10.2. The van der Waals surface area contributed by atoms with Gasteiger partial charge in [-0.1, -0.05) is 23.2 Å². The number of anilines is 1. The van der Waals surface area contributed by atoms with E-state index in [0.29, 0.717) is 0 Å². The van der Waals surface area contributed by atoms with E-state index in [1.165, 1.54) is 24.5 Å². The van der Waals surface area contributed by atoms with E-state index >= 15 is 0 Å². The van der Waals surface area contributed by atoms with Crippen molar-refractivity contribution in [1.82, 2.24) is 9.97 Å². The van der Waals surface area contributed by atoms with Gasteiger partial charge in [-0.25, -0.2) is 14.4 Å². The standard InChI is InChI=1S/C11H6Cl2FN3O/c12-7-2-1-6(5-8(7)14)11(18)17-10-9(13)15-3-4-16-10/h1-5H,(H,16,17,18). The summed E-state index contributed by atoms with van der Waals surface area (Å²) in [6, 6.07) is 3.72. The minimum absolute atomic E-state index is 0.0518. The first-order chi connectivity index (χ1) is 8.58. The first-order valence-electron chi connectivity index (χ1n) is 4.81. The number of hydrogen-bond donors (Lipinski definition) is 1. The second-order valence-electron chi connectivity index (χ2n) is 3.28. The van der Waals surface area contributed by atoms with Crippen LogP contribution in [0.15, 0.2) is 30.6 Å². The molecule has 1 aromatic heterocycles. The zero-order valence-corrected chi connectivity index (χ0v) is 10.3. The second kappa shape index (κ2) is 5.29. The zero-order valence-electron chi connectivity index (χ0n) is 8.82. The lowest BCUT2D eigenvalue weighted by Gasteiger charge is -2.05. The maximum Gasteiger partial charge on any atom is 0.257 e. The number of benzene rings is 1. The summed E-state index contributed by atoms with van der Waals surface area (Å²) in [4.78, 5) is 19.4. The molecule has 4 nitrogen and oxygen atoms in total. The number of carbonyl (C=O) groups excluding carboxylic acids is 1. The zero-order chi connectivity index (χ0) is 13.1. The van der Waals surface area contributed by atoms with Crippen molar-refractivity contribution in [3.05, 3.63) is 52.1 Å². The van der Waals surface area contributed by atoms with Crippen molar-refractivity contribution < 1.29 is 9.18 Å². The van der Waals surface area contributed by atoms with E-state index in [1.54, 1.807) is 0 Å². The van der Waals surface area contributed by atoms with Crippen LogP contribution in [0.25, 0.3) is 0 Å². The van der Waals surface area contributed by atoms with Crippen molar-refractivity contribution in [2.45, 2.75) is 0 Å². The minimum Gasteiger partial charge on any atom is -0.304 e. The summed E-state index contributed by atoms with van der Waals surface area (Å²) in [5, 5.41) is 2.42. The number of rotatable bonds is 2. The lowest BCUT2D eigenvalue weighted by atomic mass is 10.2. The summed E-state index contributed by atoms with van der Waals surface area (Å²) in [5.41, 5.74) is 0.110. The Bertz CT molecular complexity index is 607. The van der Waals surface area contributed by atoms with E-state index in [1.807, 2.05) is 0 Å². The molecule has 0 aliphatic rings. The van der Waals surface area contributed by atoms with E-state index in [2.05, 4.69) is 15.3 Å². The second-order valence-corrected chi connectivity index (χ2v) is 4.04. The van der Waals surface area contributed by atoms with Crippen LogP contribution in [0.3, 0.4) is 0 Å². The molecule has 0 saturated carbocycles. The van der Waals surface area contributed by atoms with Crippen LogP contribution in [0.1, 0.15) is 10.4 Å². The molecule has 0 unspecified atom stereocenters.